The average Bonchev–Trinajstić information content (AvgIpc) is 2.58. The van der Waals surface area contributed by atoms with Crippen LogP contribution in [0.1, 0.15) is 9.67 Å². The summed E-state index contributed by atoms with van der Waals surface area (Å²) in [4.78, 5) is 14.9. The minimum Gasteiger partial charge on any atom is -0.477 e. The van der Waals surface area contributed by atoms with E-state index in [0.29, 0.717) is 11.3 Å². The third kappa shape index (κ3) is 4.72. The van der Waals surface area contributed by atoms with Crippen molar-refractivity contribution in [2.24, 2.45) is 0 Å². The van der Waals surface area contributed by atoms with E-state index in [2.05, 4.69) is 20.8 Å². The SMILES string of the molecule is O=C(O)c1cc(S(=O)(=O)NOCC(F)(F)F)c(Br)s1. The summed E-state index contributed by atoms with van der Waals surface area (Å²) in [6, 6.07) is 0.802. The lowest BCUT2D eigenvalue weighted by Gasteiger charge is -2.08. The molecule has 1 heterocycles. The van der Waals surface area contributed by atoms with Crippen LogP contribution in [-0.2, 0) is 14.9 Å². The fourth-order valence-electron chi connectivity index (χ4n) is 0.874. The van der Waals surface area contributed by atoms with Crippen LogP contribution in [0.15, 0.2) is 14.7 Å². The van der Waals surface area contributed by atoms with E-state index >= 15 is 0 Å². The lowest BCUT2D eigenvalue weighted by atomic mass is 10.5. The highest BCUT2D eigenvalue weighted by Gasteiger charge is 2.30. The Labute approximate surface area is 117 Å². The summed E-state index contributed by atoms with van der Waals surface area (Å²) in [7, 11) is -4.40. The molecule has 0 atom stereocenters. The van der Waals surface area contributed by atoms with E-state index in [4.69, 9.17) is 5.11 Å². The van der Waals surface area contributed by atoms with Crippen LogP contribution in [-0.4, -0.2) is 32.3 Å². The first-order valence-corrected chi connectivity index (χ1v) is 7.35. The van der Waals surface area contributed by atoms with E-state index in [9.17, 15) is 26.4 Å². The van der Waals surface area contributed by atoms with Crippen LogP contribution in [0.2, 0.25) is 0 Å². The maximum absolute atomic E-state index is 11.8. The topological polar surface area (TPSA) is 92.7 Å². The van der Waals surface area contributed by atoms with Gasteiger partial charge in [-0.25, -0.2) is 13.2 Å². The predicted molar refractivity (Wildman–Crippen MR) is 61.3 cm³/mol. The maximum Gasteiger partial charge on any atom is 0.413 e. The van der Waals surface area contributed by atoms with Crippen molar-refractivity contribution in [3.63, 3.8) is 0 Å². The van der Waals surface area contributed by atoms with Crippen molar-refractivity contribution >= 4 is 43.3 Å². The second kappa shape index (κ2) is 5.75. The molecule has 0 fully saturated rings. The smallest absolute Gasteiger partial charge is 0.413 e. The van der Waals surface area contributed by atoms with Gasteiger partial charge in [0.2, 0.25) is 0 Å². The molecule has 19 heavy (non-hydrogen) atoms. The number of alkyl halides is 3. The lowest BCUT2D eigenvalue weighted by Crippen LogP contribution is -2.29. The van der Waals surface area contributed by atoms with Crippen LogP contribution < -0.4 is 4.89 Å². The quantitative estimate of drug-likeness (QED) is 0.758. The van der Waals surface area contributed by atoms with E-state index in [1.807, 2.05) is 0 Å². The van der Waals surface area contributed by atoms with Crippen molar-refractivity contribution in [3.8, 4) is 0 Å². The van der Waals surface area contributed by atoms with Crippen molar-refractivity contribution in [2.45, 2.75) is 11.1 Å². The number of carboxylic acids is 1. The number of sulfonamides is 1. The first kappa shape index (κ1) is 16.4. The molecule has 0 saturated carbocycles. The molecule has 0 spiro atoms. The summed E-state index contributed by atoms with van der Waals surface area (Å²) in [5.74, 6) is -1.36. The third-order valence-corrected chi connectivity index (χ3v) is 5.01. The van der Waals surface area contributed by atoms with Crippen molar-refractivity contribution < 1.29 is 36.3 Å². The number of carbonyl (C=O) groups is 1. The molecule has 1 aromatic heterocycles. The molecule has 0 aliphatic heterocycles. The van der Waals surface area contributed by atoms with Crippen molar-refractivity contribution in [3.05, 3.63) is 14.7 Å². The van der Waals surface area contributed by atoms with Gasteiger partial charge in [-0.15, -0.1) is 11.3 Å². The number of hydrogen-bond donors (Lipinski definition) is 2. The Bertz CT molecular complexity index is 582. The standard InChI is InChI=1S/C7H5BrF3NO5S2/c8-5-4(1-3(18-5)6(13)14)19(15,16)12-17-2-7(9,10)11/h1,12H,2H2,(H,13,14). The van der Waals surface area contributed by atoms with E-state index < -0.39 is 33.7 Å². The van der Waals surface area contributed by atoms with Gasteiger partial charge in [0, 0.05) is 0 Å². The molecule has 0 radical (unpaired) electrons. The molecule has 1 rings (SSSR count). The van der Waals surface area contributed by atoms with Gasteiger partial charge in [-0.2, -0.15) is 13.2 Å². The minimum absolute atomic E-state index is 0.0620. The summed E-state index contributed by atoms with van der Waals surface area (Å²) in [6.45, 7) is -1.81. The highest BCUT2D eigenvalue weighted by Crippen LogP contribution is 2.31. The minimum atomic E-state index is -4.69. The van der Waals surface area contributed by atoms with Gasteiger partial charge in [0.25, 0.3) is 10.0 Å². The zero-order valence-corrected chi connectivity index (χ0v) is 11.9. The van der Waals surface area contributed by atoms with Gasteiger partial charge < -0.3 is 5.11 Å². The third-order valence-electron chi connectivity index (χ3n) is 1.56. The fourth-order valence-corrected chi connectivity index (χ4v) is 4.08. The summed E-state index contributed by atoms with van der Waals surface area (Å²) >= 11 is 3.42. The monoisotopic (exact) mass is 383 g/mol. The van der Waals surface area contributed by atoms with Gasteiger partial charge in [0.05, 0.1) is 3.79 Å². The van der Waals surface area contributed by atoms with Crippen molar-refractivity contribution in [2.75, 3.05) is 6.61 Å². The van der Waals surface area contributed by atoms with Crippen molar-refractivity contribution in [1.82, 2.24) is 4.89 Å². The number of aromatic carboxylic acids is 1. The molecule has 0 amide bonds. The first-order valence-electron chi connectivity index (χ1n) is 4.26. The number of thiophene rings is 1. The highest BCUT2D eigenvalue weighted by molar-refractivity contribution is 9.11. The lowest BCUT2D eigenvalue weighted by molar-refractivity contribution is -0.181. The zero-order valence-electron chi connectivity index (χ0n) is 8.69. The second-order valence-electron chi connectivity index (χ2n) is 3.04. The summed E-state index contributed by atoms with van der Waals surface area (Å²) < 4.78 is 58.4. The highest BCUT2D eigenvalue weighted by atomic mass is 79.9. The fraction of sp³-hybridized carbons (Fsp3) is 0.286. The molecule has 0 aliphatic rings. The Hall–Kier alpha value is -0.690. The van der Waals surface area contributed by atoms with E-state index in [0.717, 1.165) is 6.07 Å². The molecule has 0 saturated heterocycles. The van der Waals surface area contributed by atoms with Gasteiger partial charge >= 0.3 is 12.1 Å². The van der Waals surface area contributed by atoms with Crippen LogP contribution in [0.4, 0.5) is 13.2 Å². The molecule has 0 unspecified atom stereocenters. The number of nitrogens with one attached hydrogen (secondary N) is 1. The van der Waals surface area contributed by atoms with E-state index in [1.165, 1.54) is 4.89 Å². The zero-order chi connectivity index (χ0) is 14.8. The number of hydrogen-bond acceptors (Lipinski definition) is 5. The van der Waals surface area contributed by atoms with E-state index in [1.54, 1.807) is 0 Å². The Morgan fingerprint density at radius 2 is 2.11 bits per heavy atom. The number of rotatable bonds is 5. The molecular formula is C7H5BrF3NO5S2. The van der Waals surface area contributed by atoms with Gasteiger partial charge in [-0.3, -0.25) is 4.84 Å². The number of carboxylic acid groups (broad SMARTS) is 1. The Morgan fingerprint density at radius 3 is 2.53 bits per heavy atom. The van der Waals surface area contributed by atoms with E-state index in [-0.39, 0.29) is 8.66 Å². The molecule has 0 aliphatic carbocycles. The largest absolute Gasteiger partial charge is 0.477 e. The molecule has 6 nitrogen and oxygen atoms in total. The molecule has 108 valence electrons. The van der Waals surface area contributed by atoms with Gasteiger partial charge in [0.15, 0.2) is 6.61 Å². The van der Waals surface area contributed by atoms with Crippen molar-refractivity contribution in [1.29, 1.82) is 0 Å². The molecule has 12 heteroatoms. The normalized spacial score (nSPS) is 12.6. The maximum atomic E-state index is 11.8. The van der Waals surface area contributed by atoms with Gasteiger partial charge in [0.1, 0.15) is 9.77 Å². The van der Waals surface area contributed by atoms with Crippen LogP contribution in [0.5, 0.6) is 0 Å². The average molecular weight is 384 g/mol. The Kier molecular flexibility index (Phi) is 4.95. The molecule has 1 aromatic rings. The molecular weight excluding hydrogens is 379 g/mol. The summed E-state index contributed by atoms with van der Waals surface area (Å²) in [6.07, 6.45) is -4.69. The first-order chi connectivity index (χ1) is 8.53. The molecule has 2 N–H and O–H groups in total. The molecule has 0 aromatic carbocycles. The summed E-state index contributed by atoms with van der Waals surface area (Å²) in [5, 5.41) is 8.67. The molecule has 0 bridgehead atoms. The second-order valence-corrected chi connectivity index (χ2v) is 7.03. The van der Waals surface area contributed by atoms with Crippen LogP contribution in [0, 0.1) is 0 Å². The van der Waals surface area contributed by atoms with Crippen LogP contribution in [0.25, 0.3) is 0 Å². The predicted octanol–water partition coefficient (Wildman–Crippen LogP) is 1.98. The number of halogens is 4. The Balaban J connectivity index is 2.86. The van der Waals surface area contributed by atoms with Gasteiger partial charge in [-0.1, -0.05) is 4.89 Å². The van der Waals surface area contributed by atoms with Crippen LogP contribution >= 0.6 is 27.3 Å². The summed E-state index contributed by atoms with van der Waals surface area (Å²) in [5.41, 5.74) is 0. The van der Waals surface area contributed by atoms with Gasteiger partial charge in [-0.05, 0) is 22.0 Å². The van der Waals surface area contributed by atoms with Crippen LogP contribution in [0.3, 0.4) is 0 Å². The Morgan fingerprint density at radius 1 is 1.53 bits per heavy atom.